The third-order valence-electron chi connectivity index (χ3n) is 16.2. The van der Waals surface area contributed by atoms with Gasteiger partial charge in [0.1, 0.15) is 24.1 Å². The van der Waals surface area contributed by atoms with Crippen LogP contribution in [0.25, 0.3) is 33.4 Å². The molecule has 2 aromatic rings. The van der Waals surface area contributed by atoms with Gasteiger partial charge < -0.3 is 45.2 Å². The van der Waals surface area contributed by atoms with E-state index in [2.05, 4.69) is 63.9 Å². The van der Waals surface area contributed by atoms with Gasteiger partial charge in [-0.05, 0) is 165 Å². The van der Waals surface area contributed by atoms with Gasteiger partial charge in [-0.1, -0.05) is 147 Å². The van der Waals surface area contributed by atoms with Crippen LogP contribution in [0.15, 0.2) is 76.0 Å². The Morgan fingerprint density at radius 2 is 1.09 bits per heavy atom. The van der Waals surface area contributed by atoms with E-state index in [4.69, 9.17) is 30.6 Å². The molecule has 0 spiro atoms. The number of allylic oxidation sites excluding steroid dienone is 4. The van der Waals surface area contributed by atoms with E-state index in [1.165, 1.54) is 141 Å². The number of phosphoric acid groups is 1. The molecule has 1 heterocycles. The second kappa shape index (κ2) is 52.1. The summed E-state index contributed by atoms with van der Waals surface area (Å²) in [5.41, 5.74) is 2.07. The van der Waals surface area contributed by atoms with Crippen molar-refractivity contribution in [3.05, 3.63) is 94.2 Å². The molecular formula is C75H115F2N4O13PS. The molecule has 538 valence electrons. The number of amides is 2. The first-order chi connectivity index (χ1) is 46.4. The van der Waals surface area contributed by atoms with E-state index in [0.29, 0.717) is 72.5 Å². The highest BCUT2D eigenvalue weighted by atomic mass is 32.1. The third kappa shape index (κ3) is 38.8. The number of ether oxygens (including phenoxy) is 2. The van der Waals surface area contributed by atoms with Crippen molar-refractivity contribution in [1.82, 2.24) is 16.0 Å². The average molecular weight is 1380 g/mol. The Hall–Kier alpha value is -6.05. The Balaban J connectivity index is 0.000000513. The lowest BCUT2D eigenvalue weighted by Crippen LogP contribution is -2.29. The van der Waals surface area contributed by atoms with Crippen LogP contribution in [0.4, 0.5) is 14.5 Å². The zero-order chi connectivity index (χ0) is 70.0. The molecule has 4 rings (SSSR count). The van der Waals surface area contributed by atoms with Crippen molar-refractivity contribution in [2.24, 2.45) is 0 Å². The number of carbonyl (C=O) groups excluding carboxylic acids is 4. The van der Waals surface area contributed by atoms with Crippen LogP contribution in [0.3, 0.4) is 0 Å². The second-order valence-corrected chi connectivity index (χ2v) is 26.7. The number of fused-ring (bicyclic) bond motifs is 2. The number of halogens is 2. The minimum atomic E-state index is -4.08. The van der Waals surface area contributed by atoms with E-state index in [1.54, 1.807) is 26.0 Å². The van der Waals surface area contributed by atoms with Crippen LogP contribution in [0, 0.1) is 18.6 Å². The zero-order valence-corrected chi connectivity index (χ0v) is 60.1. The van der Waals surface area contributed by atoms with Gasteiger partial charge in [-0.3, -0.25) is 33.0 Å². The molecule has 0 aromatic heterocycles. The van der Waals surface area contributed by atoms with Crippen LogP contribution in [0.5, 0.6) is 5.75 Å². The number of benzene rings is 3. The van der Waals surface area contributed by atoms with Crippen molar-refractivity contribution in [3.63, 3.8) is 0 Å². The minimum absolute atomic E-state index is 0.0340. The standard InChI is InChI=1S/C39H72O4.C36H43F2N4O9PS/c1-4-6-8-10-12-14-16-18-20-22-24-26-28-30-32-34-38(40)42-36-37(3)43-39(41)35-33-31-29-27-25-23-21-19-17-15-13-11-9-7-5-2;1-3-49-52(47,48)50-16-15-40-34(46)10-6-5-9-33(45)39-13-7-4-8-14-41-36(53)42-23-11-12-24(22(2)17-23)35-25-18-27(37)29(43)20-31(25)51-32-21-30(44)28(38)19-26(32)35/h18-21,37H,4-17,22-36H2,1-3H3;11-12,17-21,43H,3-10,13-16H2,1-2H3,(H,39,45)(H,40,46)(H,47,48)(H2,41,42,53)/b20-18-,21-19-;. The molecule has 17 nitrogen and oxygen atoms in total. The first-order valence-corrected chi connectivity index (χ1v) is 37.8. The first kappa shape index (κ1) is 84.2. The maximum absolute atomic E-state index is 14.5. The quantitative estimate of drug-likeness (QED) is 0.00601. The number of unbranched alkanes of at least 4 members (excludes halogenated alkanes) is 25. The number of phenolic OH excluding ortho intramolecular Hbond substituents is 1. The summed E-state index contributed by atoms with van der Waals surface area (Å²) in [5.74, 6) is -3.06. The highest BCUT2D eigenvalue weighted by Crippen LogP contribution is 2.44. The fourth-order valence-electron chi connectivity index (χ4n) is 10.8. The summed E-state index contributed by atoms with van der Waals surface area (Å²) in [6, 6.07) is 9.71. The molecule has 2 unspecified atom stereocenters. The van der Waals surface area contributed by atoms with Crippen molar-refractivity contribution >= 4 is 65.6 Å². The number of hydrogen-bond donors (Lipinski definition) is 6. The maximum atomic E-state index is 14.5. The Morgan fingerprint density at radius 3 is 1.65 bits per heavy atom. The molecule has 0 bridgehead atoms. The predicted molar refractivity (Wildman–Crippen MR) is 386 cm³/mol. The molecule has 0 saturated heterocycles. The molecule has 2 aliphatic rings. The fraction of sp³-hybridized carbons (Fsp3) is 0.627. The first-order valence-electron chi connectivity index (χ1n) is 35.9. The lowest BCUT2D eigenvalue weighted by molar-refractivity contribution is -0.158. The molecule has 2 aromatic carbocycles. The fourth-order valence-corrected chi connectivity index (χ4v) is 11.8. The SMILES string of the molecule is CCCCCCCC/C=C\CCCCCCCC(=O)OCC(C)OC(=O)CCCCCCC/C=C\CCCCCCCC.CCOP(=O)(O)OCCNC(=O)CCCCC(=O)NCCCCCNC(=S)Nc1ccc(-c2c3cc(F)c(=O)cc-3oc3cc(O)c(F)cc23)c(C)c1. The molecule has 0 fully saturated rings. The monoisotopic (exact) mass is 1380 g/mol. The van der Waals surface area contributed by atoms with E-state index in [9.17, 15) is 47.3 Å². The average Bonchev–Trinajstić information content (AvgIpc) is 0.747. The predicted octanol–water partition coefficient (Wildman–Crippen LogP) is 18.8. The van der Waals surface area contributed by atoms with Crippen LogP contribution in [-0.2, 0) is 42.3 Å². The molecule has 1 aliphatic carbocycles. The number of phenols is 1. The van der Waals surface area contributed by atoms with Crippen LogP contribution in [0.2, 0.25) is 0 Å². The van der Waals surface area contributed by atoms with Crippen molar-refractivity contribution in [2.75, 3.05) is 44.8 Å². The molecule has 96 heavy (non-hydrogen) atoms. The molecule has 2 atom stereocenters. The molecule has 1 aliphatic heterocycles. The number of phosphoric ester groups is 1. The van der Waals surface area contributed by atoms with Gasteiger partial charge in [-0.15, -0.1) is 0 Å². The number of esters is 2. The number of hydrogen-bond acceptors (Lipinski definition) is 13. The van der Waals surface area contributed by atoms with Crippen molar-refractivity contribution in [3.8, 4) is 28.2 Å². The second-order valence-electron chi connectivity index (χ2n) is 24.8. The summed E-state index contributed by atoms with van der Waals surface area (Å²) in [7, 11) is -4.08. The van der Waals surface area contributed by atoms with Gasteiger partial charge >= 0.3 is 19.8 Å². The van der Waals surface area contributed by atoms with E-state index in [0.717, 1.165) is 74.8 Å². The Morgan fingerprint density at radius 1 is 0.594 bits per heavy atom. The Labute approximate surface area is 576 Å². The van der Waals surface area contributed by atoms with E-state index in [-0.39, 0.29) is 79.5 Å². The zero-order valence-electron chi connectivity index (χ0n) is 58.4. The highest BCUT2D eigenvalue weighted by molar-refractivity contribution is 7.80. The molecule has 21 heteroatoms. The number of aryl methyl sites for hydroxylation is 1. The molecule has 0 saturated carbocycles. The lowest BCUT2D eigenvalue weighted by atomic mass is 9.91. The summed E-state index contributed by atoms with van der Waals surface area (Å²) < 4.78 is 66.0. The van der Waals surface area contributed by atoms with Crippen LogP contribution in [0.1, 0.15) is 258 Å². The van der Waals surface area contributed by atoms with Crippen LogP contribution >= 0.6 is 20.0 Å². The third-order valence-corrected chi connectivity index (χ3v) is 17.5. The molecule has 6 N–H and O–H groups in total. The molecule has 0 radical (unpaired) electrons. The molecule has 2 amide bonds. The van der Waals surface area contributed by atoms with Gasteiger partial charge in [-0.25, -0.2) is 13.3 Å². The number of aromatic hydroxyl groups is 1. The summed E-state index contributed by atoms with van der Waals surface area (Å²) in [4.78, 5) is 69.4. The van der Waals surface area contributed by atoms with E-state index in [1.807, 2.05) is 13.0 Å². The molecular weight excluding hydrogens is 1270 g/mol. The van der Waals surface area contributed by atoms with Gasteiger partial charge in [0, 0.05) is 79.7 Å². The van der Waals surface area contributed by atoms with Crippen LogP contribution < -0.4 is 26.7 Å². The van der Waals surface area contributed by atoms with Gasteiger partial charge in [-0.2, -0.15) is 0 Å². The van der Waals surface area contributed by atoms with Gasteiger partial charge in [0.25, 0.3) is 0 Å². The van der Waals surface area contributed by atoms with Gasteiger partial charge in [0.05, 0.1) is 13.2 Å². The van der Waals surface area contributed by atoms with E-state index >= 15 is 0 Å². The summed E-state index contributed by atoms with van der Waals surface area (Å²) in [6.07, 6.45) is 46.2. The van der Waals surface area contributed by atoms with Crippen LogP contribution in [-0.4, -0.2) is 84.4 Å². The van der Waals surface area contributed by atoms with Gasteiger partial charge in [0.2, 0.25) is 17.2 Å². The van der Waals surface area contributed by atoms with Crippen molar-refractivity contribution < 1.29 is 65.5 Å². The van der Waals surface area contributed by atoms with Gasteiger partial charge in [0.15, 0.2) is 22.5 Å². The maximum Gasteiger partial charge on any atom is 0.472 e. The number of thiocarbonyl (C=S) groups is 1. The smallest absolute Gasteiger partial charge is 0.472 e. The summed E-state index contributed by atoms with van der Waals surface area (Å²) in [6.45, 7) is 11.0. The lowest BCUT2D eigenvalue weighted by Gasteiger charge is -2.18. The largest absolute Gasteiger partial charge is 0.505 e. The minimum Gasteiger partial charge on any atom is -0.505 e. The highest BCUT2D eigenvalue weighted by Gasteiger charge is 2.23. The number of carbonyl (C=O) groups is 4. The number of anilines is 1. The summed E-state index contributed by atoms with van der Waals surface area (Å²) in [5, 5.41) is 22.4. The topological polar surface area (TPSA) is 241 Å². The Kier molecular flexibility index (Phi) is 45.7. The Bertz CT molecular complexity index is 3010. The van der Waals surface area contributed by atoms with Crippen molar-refractivity contribution in [2.45, 2.75) is 265 Å². The normalized spacial score (nSPS) is 12.4. The summed E-state index contributed by atoms with van der Waals surface area (Å²) >= 11 is 5.45. The number of rotatable bonds is 52. The number of nitrogens with one attached hydrogen (secondary N) is 4. The van der Waals surface area contributed by atoms with Crippen molar-refractivity contribution in [1.29, 1.82) is 0 Å². The van der Waals surface area contributed by atoms with E-state index < -0.39 is 30.6 Å².